The molecule has 0 bridgehead atoms. The summed E-state index contributed by atoms with van der Waals surface area (Å²) in [6.45, 7) is 0.0772. The van der Waals surface area contributed by atoms with Crippen molar-refractivity contribution in [2.24, 2.45) is 0 Å². The number of aliphatic hydroxyl groups is 1. The van der Waals surface area contributed by atoms with Crippen LogP contribution in [0.2, 0.25) is 0 Å². The standard InChI is InChI=1S/C18H15F3N4O2/c19-18(20,21)13-7-4-8-14(9-13)23-17(27)16-22-11-25(24-16)10-15(26)12-5-2-1-3-6-12/h1-9,11,15,26H,10H2,(H,23,27)/t15-/m1/s1. The number of rotatable bonds is 5. The van der Waals surface area contributed by atoms with Crippen LogP contribution in [0.15, 0.2) is 60.9 Å². The summed E-state index contributed by atoms with van der Waals surface area (Å²) in [5, 5.41) is 16.5. The maximum absolute atomic E-state index is 12.7. The average molecular weight is 376 g/mol. The maximum atomic E-state index is 12.7. The van der Waals surface area contributed by atoms with E-state index < -0.39 is 23.8 Å². The molecule has 0 unspecified atom stereocenters. The van der Waals surface area contributed by atoms with Crippen LogP contribution in [0, 0.1) is 0 Å². The lowest BCUT2D eigenvalue weighted by Gasteiger charge is -2.10. The first kappa shape index (κ1) is 18.6. The molecule has 1 heterocycles. The molecule has 0 aliphatic carbocycles. The van der Waals surface area contributed by atoms with Crippen molar-refractivity contribution in [2.75, 3.05) is 5.32 Å². The van der Waals surface area contributed by atoms with Crippen LogP contribution in [0.4, 0.5) is 18.9 Å². The van der Waals surface area contributed by atoms with Crippen LogP contribution in [0.5, 0.6) is 0 Å². The molecular weight excluding hydrogens is 361 g/mol. The Labute approximate surface area is 152 Å². The van der Waals surface area contributed by atoms with Crippen molar-refractivity contribution in [3.63, 3.8) is 0 Å². The Balaban J connectivity index is 1.67. The third-order valence-electron chi connectivity index (χ3n) is 3.73. The van der Waals surface area contributed by atoms with Gasteiger partial charge in [0, 0.05) is 5.69 Å². The van der Waals surface area contributed by atoms with E-state index in [2.05, 4.69) is 15.4 Å². The van der Waals surface area contributed by atoms with Crippen LogP contribution in [-0.2, 0) is 12.7 Å². The number of anilines is 1. The second-order valence-electron chi connectivity index (χ2n) is 5.75. The quantitative estimate of drug-likeness (QED) is 0.716. The van der Waals surface area contributed by atoms with Crippen LogP contribution in [-0.4, -0.2) is 25.8 Å². The number of nitrogens with one attached hydrogen (secondary N) is 1. The molecule has 140 valence electrons. The van der Waals surface area contributed by atoms with Gasteiger partial charge in [-0.3, -0.25) is 4.79 Å². The molecule has 27 heavy (non-hydrogen) atoms. The predicted molar refractivity (Wildman–Crippen MR) is 90.8 cm³/mol. The molecule has 0 aliphatic rings. The van der Waals surface area contributed by atoms with Crippen molar-refractivity contribution in [1.82, 2.24) is 14.8 Å². The van der Waals surface area contributed by atoms with Crippen molar-refractivity contribution in [3.05, 3.63) is 77.9 Å². The number of carbonyl (C=O) groups is 1. The number of halogens is 3. The second-order valence-corrected chi connectivity index (χ2v) is 5.75. The molecule has 6 nitrogen and oxygen atoms in total. The zero-order valence-corrected chi connectivity index (χ0v) is 13.9. The summed E-state index contributed by atoms with van der Waals surface area (Å²) in [5.74, 6) is -0.963. The minimum absolute atomic E-state index is 0.0181. The Morgan fingerprint density at radius 2 is 1.89 bits per heavy atom. The molecule has 2 N–H and O–H groups in total. The highest BCUT2D eigenvalue weighted by atomic mass is 19.4. The van der Waals surface area contributed by atoms with Crippen molar-refractivity contribution in [3.8, 4) is 0 Å². The summed E-state index contributed by atoms with van der Waals surface area (Å²) in [6, 6.07) is 13.2. The Morgan fingerprint density at radius 3 is 2.59 bits per heavy atom. The molecule has 0 saturated carbocycles. The molecule has 1 atom stereocenters. The SMILES string of the molecule is O=C(Nc1cccc(C(F)(F)F)c1)c1ncn(C[C@@H](O)c2ccccc2)n1. The molecule has 0 radical (unpaired) electrons. The van der Waals surface area contributed by atoms with Gasteiger partial charge in [0.25, 0.3) is 5.91 Å². The molecule has 0 aliphatic heterocycles. The van der Waals surface area contributed by atoms with E-state index in [1.54, 1.807) is 24.3 Å². The molecular formula is C18H15F3N4O2. The molecule has 0 saturated heterocycles. The fourth-order valence-corrected chi connectivity index (χ4v) is 2.40. The number of aromatic nitrogens is 3. The van der Waals surface area contributed by atoms with Gasteiger partial charge in [-0.05, 0) is 23.8 Å². The largest absolute Gasteiger partial charge is 0.416 e. The molecule has 9 heteroatoms. The number of nitrogens with zero attached hydrogens (tertiary/aromatic N) is 3. The fourth-order valence-electron chi connectivity index (χ4n) is 2.40. The molecule has 3 aromatic rings. The highest BCUT2D eigenvalue weighted by molar-refractivity contribution is 6.01. The summed E-state index contributed by atoms with van der Waals surface area (Å²) in [4.78, 5) is 16.0. The van der Waals surface area contributed by atoms with E-state index in [1.165, 1.54) is 23.1 Å². The lowest BCUT2D eigenvalue weighted by molar-refractivity contribution is -0.137. The first-order valence-electron chi connectivity index (χ1n) is 7.94. The second kappa shape index (κ2) is 7.58. The minimum atomic E-state index is -4.51. The topological polar surface area (TPSA) is 80.0 Å². The Hall–Kier alpha value is -3.20. The van der Waals surface area contributed by atoms with Crippen molar-refractivity contribution < 1.29 is 23.1 Å². The van der Waals surface area contributed by atoms with Crippen LogP contribution >= 0.6 is 0 Å². The molecule has 1 amide bonds. The van der Waals surface area contributed by atoms with E-state index in [-0.39, 0.29) is 18.1 Å². The summed E-state index contributed by atoms with van der Waals surface area (Å²) in [6.07, 6.45) is -4.08. The lowest BCUT2D eigenvalue weighted by Crippen LogP contribution is -2.16. The van der Waals surface area contributed by atoms with Crippen LogP contribution in [0.1, 0.15) is 27.8 Å². The van der Waals surface area contributed by atoms with Crippen LogP contribution in [0.3, 0.4) is 0 Å². The first-order valence-corrected chi connectivity index (χ1v) is 7.94. The smallest absolute Gasteiger partial charge is 0.386 e. The Kier molecular flexibility index (Phi) is 5.22. The highest BCUT2D eigenvalue weighted by Crippen LogP contribution is 2.30. The van der Waals surface area contributed by atoms with E-state index in [9.17, 15) is 23.1 Å². The van der Waals surface area contributed by atoms with E-state index in [1.807, 2.05) is 6.07 Å². The van der Waals surface area contributed by atoms with Gasteiger partial charge >= 0.3 is 6.18 Å². The zero-order valence-electron chi connectivity index (χ0n) is 13.9. The predicted octanol–water partition coefficient (Wildman–Crippen LogP) is 3.28. The van der Waals surface area contributed by atoms with Gasteiger partial charge in [0.1, 0.15) is 6.33 Å². The molecule has 0 fully saturated rings. The number of benzene rings is 2. The Morgan fingerprint density at radius 1 is 1.15 bits per heavy atom. The van der Waals surface area contributed by atoms with E-state index >= 15 is 0 Å². The van der Waals surface area contributed by atoms with E-state index in [4.69, 9.17) is 0 Å². The summed E-state index contributed by atoms with van der Waals surface area (Å²) >= 11 is 0. The van der Waals surface area contributed by atoms with Gasteiger partial charge in [0.15, 0.2) is 0 Å². The summed E-state index contributed by atoms with van der Waals surface area (Å²) < 4.78 is 39.5. The number of alkyl halides is 3. The van der Waals surface area contributed by atoms with Gasteiger partial charge in [-0.2, -0.15) is 13.2 Å². The van der Waals surface area contributed by atoms with Crippen molar-refractivity contribution in [1.29, 1.82) is 0 Å². The van der Waals surface area contributed by atoms with Crippen molar-refractivity contribution in [2.45, 2.75) is 18.8 Å². The lowest BCUT2D eigenvalue weighted by atomic mass is 10.1. The van der Waals surface area contributed by atoms with Gasteiger partial charge in [-0.1, -0.05) is 36.4 Å². The van der Waals surface area contributed by atoms with Gasteiger partial charge in [-0.15, -0.1) is 5.10 Å². The monoisotopic (exact) mass is 376 g/mol. The minimum Gasteiger partial charge on any atom is -0.386 e. The number of hydrogen-bond donors (Lipinski definition) is 2. The van der Waals surface area contributed by atoms with Gasteiger partial charge in [-0.25, -0.2) is 9.67 Å². The molecule has 2 aromatic carbocycles. The van der Waals surface area contributed by atoms with Gasteiger partial charge in [0.05, 0.1) is 18.2 Å². The first-order chi connectivity index (χ1) is 12.8. The maximum Gasteiger partial charge on any atom is 0.416 e. The number of hydrogen-bond acceptors (Lipinski definition) is 4. The van der Waals surface area contributed by atoms with Crippen LogP contribution < -0.4 is 5.32 Å². The zero-order chi connectivity index (χ0) is 19.4. The third kappa shape index (κ3) is 4.70. The van der Waals surface area contributed by atoms with E-state index in [0.29, 0.717) is 5.56 Å². The fraction of sp³-hybridized carbons (Fsp3) is 0.167. The Bertz CT molecular complexity index is 926. The molecule has 1 aromatic heterocycles. The number of carbonyl (C=O) groups excluding carboxylic acids is 1. The number of amides is 1. The number of aliphatic hydroxyl groups excluding tert-OH is 1. The third-order valence-corrected chi connectivity index (χ3v) is 3.73. The molecule has 0 spiro atoms. The summed E-state index contributed by atoms with van der Waals surface area (Å²) in [5.41, 5.74) is -0.205. The van der Waals surface area contributed by atoms with Gasteiger partial charge in [0.2, 0.25) is 5.82 Å². The average Bonchev–Trinajstić information content (AvgIpc) is 3.10. The van der Waals surface area contributed by atoms with Crippen molar-refractivity contribution >= 4 is 11.6 Å². The van der Waals surface area contributed by atoms with E-state index in [0.717, 1.165) is 12.1 Å². The van der Waals surface area contributed by atoms with Crippen LogP contribution in [0.25, 0.3) is 0 Å². The van der Waals surface area contributed by atoms with Gasteiger partial charge < -0.3 is 10.4 Å². The summed E-state index contributed by atoms with van der Waals surface area (Å²) in [7, 11) is 0. The molecule has 3 rings (SSSR count). The normalized spacial score (nSPS) is 12.6. The highest BCUT2D eigenvalue weighted by Gasteiger charge is 2.30.